The first-order chi connectivity index (χ1) is 14.8. The van der Waals surface area contributed by atoms with E-state index in [1.165, 1.54) is 28.1 Å². The van der Waals surface area contributed by atoms with Gasteiger partial charge in [0.15, 0.2) is 8.32 Å². The number of amides is 2. The Labute approximate surface area is 186 Å². The SMILES string of the molecule is CC(C)(C)[Si](C)(C)OC1CN(C(=O)O)C2C(c3c[nH]c4cc(F)ccc34)=CN(C(=O)O)C12. The lowest BCUT2D eigenvalue weighted by Gasteiger charge is -2.40. The molecule has 0 aliphatic carbocycles. The van der Waals surface area contributed by atoms with E-state index < -0.39 is 44.5 Å². The number of hydrogen-bond acceptors (Lipinski definition) is 3. The van der Waals surface area contributed by atoms with E-state index in [2.05, 4.69) is 38.8 Å². The van der Waals surface area contributed by atoms with E-state index in [4.69, 9.17) is 4.43 Å². The monoisotopic (exact) mass is 461 g/mol. The van der Waals surface area contributed by atoms with Crippen LogP contribution in [-0.4, -0.2) is 70.2 Å². The third-order valence-electron chi connectivity index (χ3n) is 7.01. The van der Waals surface area contributed by atoms with E-state index in [0.29, 0.717) is 22.0 Å². The summed E-state index contributed by atoms with van der Waals surface area (Å²) in [6.45, 7) is 10.5. The van der Waals surface area contributed by atoms with E-state index >= 15 is 0 Å². The molecular weight excluding hydrogens is 433 g/mol. The molecule has 0 saturated carbocycles. The Bertz CT molecular complexity index is 1120. The van der Waals surface area contributed by atoms with Crippen molar-refractivity contribution in [2.75, 3.05) is 6.54 Å². The second kappa shape index (κ2) is 7.34. The zero-order valence-electron chi connectivity index (χ0n) is 18.7. The first kappa shape index (κ1) is 22.3. The molecule has 2 aliphatic heterocycles. The molecule has 172 valence electrons. The fourth-order valence-corrected chi connectivity index (χ4v) is 5.73. The minimum atomic E-state index is -2.31. The van der Waals surface area contributed by atoms with Crippen LogP contribution in [0.25, 0.3) is 16.5 Å². The number of nitrogens with one attached hydrogen (secondary N) is 1. The van der Waals surface area contributed by atoms with E-state index in [-0.39, 0.29) is 11.6 Å². The summed E-state index contributed by atoms with van der Waals surface area (Å²) >= 11 is 0. The maximum Gasteiger partial charge on any atom is 0.411 e. The van der Waals surface area contributed by atoms with Gasteiger partial charge in [0.05, 0.1) is 24.7 Å². The van der Waals surface area contributed by atoms with Crippen molar-refractivity contribution in [2.24, 2.45) is 0 Å². The van der Waals surface area contributed by atoms with Crippen LogP contribution in [-0.2, 0) is 4.43 Å². The molecule has 32 heavy (non-hydrogen) atoms. The van der Waals surface area contributed by atoms with Crippen LogP contribution in [0, 0.1) is 5.82 Å². The third kappa shape index (κ3) is 3.47. The van der Waals surface area contributed by atoms with Crippen molar-refractivity contribution in [1.82, 2.24) is 14.8 Å². The van der Waals surface area contributed by atoms with Gasteiger partial charge in [0.25, 0.3) is 0 Å². The molecule has 4 rings (SSSR count). The zero-order valence-corrected chi connectivity index (χ0v) is 19.7. The summed E-state index contributed by atoms with van der Waals surface area (Å²) in [6, 6.07) is 2.88. The van der Waals surface area contributed by atoms with Crippen LogP contribution in [0.3, 0.4) is 0 Å². The zero-order chi connectivity index (χ0) is 23.6. The number of likely N-dealkylation sites (tertiary alicyclic amines) is 1. The minimum Gasteiger partial charge on any atom is -0.465 e. The van der Waals surface area contributed by atoms with Gasteiger partial charge in [-0.2, -0.15) is 0 Å². The Kier molecular flexibility index (Phi) is 5.13. The van der Waals surface area contributed by atoms with Crippen molar-refractivity contribution < 1.29 is 28.6 Å². The lowest BCUT2D eigenvalue weighted by atomic mass is 9.96. The van der Waals surface area contributed by atoms with Crippen molar-refractivity contribution in [2.45, 2.75) is 57.1 Å². The highest BCUT2D eigenvalue weighted by atomic mass is 28.4. The molecule has 0 bridgehead atoms. The van der Waals surface area contributed by atoms with Crippen molar-refractivity contribution in [1.29, 1.82) is 0 Å². The Balaban J connectivity index is 1.80. The highest BCUT2D eigenvalue weighted by Gasteiger charge is 2.56. The number of benzene rings is 1. The molecule has 1 saturated heterocycles. The molecule has 1 fully saturated rings. The number of carbonyl (C=O) groups is 2. The normalized spacial score (nSPS) is 23.6. The van der Waals surface area contributed by atoms with Crippen LogP contribution in [0.2, 0.25) is 18.1 Å². The lowest BCUT2D eigenvalue weighted by molar-refractivity contribution is 0.103. The van der Waals surface area contributed by atoms with Crippen LogP contribution in [0.5, 0.6) is 0 Å². The average Bonchev–Trinajstić information content (AvgIpc) is 3.33. The average molecular weight is 462 g/mol. The molecule has 0 radical (unpaired) electrons. The number of rotatable bonds is 3. The fourth-order valence-electron chi connectivity index (χ4n) is 4.41. The molecule has 2 amide bonds. The smallest absolute Gasteiger partial charge is 0.411 e. The van der Waals surface area contributed by atoms with Gasteiger partial charge in [-0.3, -0.25) is 9.80 Å². The standard InChI is InChI=1S/C22H28FN3O5Si/c1-22(2,3)32(4,5)31-17-11-26(21(29)30)18-15(10-25(19(17)18)20(27)28)14-9-24-16-8-12(23)6-7-13(14)16/h6-10,17-19,24H,11H2,1-5H3,(H,27,28)(H,29,30). The van der Waals surface area contributed by atoms with Crippen molar-refractivity contribution in [3.05, 3.63) is 42.0 Å². The highest BCUT2D eigenvalue weighted by molar-refractivity contribution is 6.74. The minimum absolute atomic E-state index is 0.0787. The predicted molar refractivity (Wildman–Crippen MR) is 120 cm³/mol. The summed E-state index contributed by atoms with van der Waals surface area (Å²) in [5, 5.41) is 20.5. The van der Waals surface area contributed by atoms with Gasteiger partial charge in [0.1, 0.15) is 5.82 Å². The number of carboxylic acid groups (broad SMARTS) is 2. The fraction of sp³-hybridized carbons (Fsp3) is 0.455. The topological polar surface area (TPSA) is 106 Å². The second-order valence-corrected chi connectivity index (χ2v) is 14.7. The molecular formula is C22H28FN3O5Si. The molecule has 8 nitrogen and oxygen atoms in total. The number of halogens is 1. The Hall–Kier alpha value is -2.85. The van der Waals surface area contributed by atoms with E-state index in [1.54, 1.807) is 12.3 Å². The maximum absolute atomic E-state index is 13.7. The van der Waals surface area contributed by atoms with Gasteiger partial charge in [0, 0.05) is 34.4 Å². The van der Waals surface area contributed by atoms with E-state index in [9.17, 15) is 24.2 Å². The largest absolute Gasteiger partial charge is 0.465 e. The van der Waals surface area contributed by atoms with E-state index in [0.717, 1.165) is 0 Å². The van der Waals surface area contributed by atoms with Gasteiger partial charge in [-0.15, -0.1) is 0 Å². The quantitative estimate of drug-likeness (QED) is 0.571. The number of H-pyrrole nitrogens is 1. The summed E-state index contributed by atoms with van der Waals surface area (Å²) in [5.74, 6) is -0.396. The molecule has 1 aromatic heterocycles. The number of aromatic amines is 1. The van der Waals surface area contributed by atoms with Crippen LogP contribution < -0.4 is 0 Å². The molecule has 3 unspecified atom stereocenters. The van der Waals surface area contributed by atoms with Crippen LogP contribution >= 0.6 is 0 Å². The highest BCUT2D eigenvalue weighted by Crippen LogP contribution is 2.45. The molecule has 10 heteroatoms. The number of fused-ring (bicyclic) bond motifs is 2. The molecule has 3 heterocycles. The molecule has 1 aromatic carbocycles. The molecule has 3 atom stereocenters. The number of aromatic nitrogens is 1. The summed E-state index contributed by atoms with van der Waals surface area (Å²) in [6.07, 6.45) is 0.257. The van der Waals surface area contributed by atoms with Gasteiger partial charge in [0.2, 0.25) is 0 Å². The summed E-state index contributed by atoms with van der Waals surface area (Å²) in [7, 11) is -2.31. The summed E-state index contributed by atoms with van der Waals surface area (Å²) in [4.78, 5) is 29.8. The molecule has 0 spiro atoms. The third-order valence-corrected chi connectivity index (χ3v) is 11.5. The Morgan fingerprint density at radius 3 is 2.50 bits per heavy atom. The maximum atomic E-state index is 13.7. The number of hydrogen-bond donors (Lipinski definition) is 3. The van der Waals surface area contributed by atoms with Gasteiger partial charge < -0.3 is 19.6 Å². The Morgan fingerprint density at radius 2 is 1.91 bits per heavy atom. The second-order valence-electron chi connectivity index (χ2n) is 9.95. The van der Waals surface area contributed by atoms with Crippen molar-refractivity contribution in [3.8, 4) is 0 Å². The van der Waals surface area contributed by atoms with E-state index in [1.807, 2.05) is 0 Å². The van der Waals surface area contributed by atoms with Gasteiger partial charge in [-0.1, -0.05) is 20.8 Å². The van der Waals surface area contributed by atoms with Gasteiger partial charge in [-0.05, 0) is 36.3 Å². The molecule has 2 aliphatic rings. The molecule has 2 aromatic rings. The predicted octanol–water partition coefficient (Wildman–Crippen LogP) is 4.76. The summed E-state index contributed by atoms with van der Waals surface area (Å²) in [5.41, 5.74) is 1.76. The van der Waals surface area contributed by atoms with Crippen LogP contribution in [0.15, 0.2) is 30.6 Å². The molecule has 3 N–H and O–H groups in total. The first-order valence-electron chi connectivity index (χ1n) is 10.5. The van der Waals surface area contributed by atoms with Crippen molar-refractivity contribution in [3.63, 3.8) is 0 Å². The Morgan fingerprint density at radius 1 is 1.22 bits per heavy atom. The number of nitrogens with zero attached hydrogens (tertiary/aromatic N) is 2. The van der Waals surface area contributed by atoms with Crippen molar-refractivity contribution >= 4 is 37.0 Å². The van der Waals surface area contributed by atoms with Crippen LogP contribution in [0.1, 0.15) is 26.3 Å². The first-order valence-corrected chi connectivity index (χ1v) is 13.4. The van der Waals surface area contributed by atoms with Gasteiger partial charge >= 0.3 is 12.2 Å². The van der Waals surface area contributed by atoms with Gasteiger partial charge in [-0.25, -0.2) is 14.0 Å². The summed E-state index contributed by atoms with van der Waals surface area (Å²) < 4.78 is 20.2. The van der Waals surface area contributed by atoms with Crippen LogP contribution in [0.4, 0.5) is 14.0 Å². The lowest BCUT2D eigenvalue weighted by Crippen LogP contribution is -2.51.